The van der Waals surface area contributed by atoms with E-state index in [-0.39, 0.29) is 0 Å². The van der Waals surface area contributed by atoms with Crippen LogP contribution < -0.4 is 5.32 Å². The lowest BCUT2D eigenvalue weighted by Gasteiger charge is -2.12. The van der Waals surface area contributed by atoms with Crippen molar-refractivity contribution >= 4 is 5.82 Å². The quantitative estimate of drug-likeness (QED) is 0.638. The molecule has 3 heteroatoms. The molecular weight excluding hydrogens is 222 g/mol. The van der Waals surface area contributed by atoms with E-state index in [1.54, 1.807) is 6.33 Å². The molecular formula is C15H25N3. The summed E-state index contributed by atoms with van der Waals surface area (Å²) in [5.41, 5.74) is 2.65. The highest BCUT2D eigenvalue weighted by Gasteiger charge is 2.13. The lowest BCUT2D eigenvalue weighted by Crippen LogP contribution is -2.09. The Balaban J connectivity index is 1.95. The molecule has 1 N–H and O–H groups in total. The number of hydrogen-bond donors (Lipinski definition) is 1. The van der Waals surface area contributed by atoms with Crippen molar-refractivity contribution in [1.82, 2.24) is 9.97 Å². The third kappa shape index (κ3) is 3.69. The molecule has 0 aliphatic heterocycles. The Morgan fingerprint density at radius 1 is 1.17 bits per heavy atom. The molecule has 0 atom stereocenters. The van der Waals surface area contributed by atoms with Crippen LogP contribution in [-0.2, 0) is 12.8 Å². The van der Waals surface area contributed by atoms with Crippen LogP contribution in [0.25, 0.3) is 0 Å². The van der Waals surface area contributed by atoms with Crippen molar-refractivity contribution in [3.05, 3.63) is 17.6 Å². The van der Waals surface area contributed by atoms with Gasteiger partial charge in [0, 0.05) is 17.8 Å². The second-order valence-corrected chi connectivity index (χ2v) is 5.67. The van der Waals surface area contributed by atoms with E-state index in [9.17, 15) is 0 Å². The third-order valence-electron chi connectivity index (χ3n) is 3.63. The van der Waals surface area contributed by atoms with Crippen LogP contribution in [0.4, 0.5) is 5.82 Å². The highest BCUT2D eigenvalue weighted by molar-refractivity contribution is 5.46. The first-order chi connectivity index (χ1) is 8.77. The van der Waals surface area contributed by atoms with Gasteiger partial charge in [0.1, 0.15) is 12.1 Å². The van der Waals surface area contributed by atoms with Gasteiger partial charge in [0.15, 0.2) is 0 Å². The molecule has 1 aliphatic rings. The van der Waals surface area contributed by atoms with Crippen LogP contribution in [0.1, 0.15) is 57.2 Å². The first-order valence-electron chi connectivity index (χ1n) is 7.34. The van der Waals surface area contributed by atoms with Crippen molar-refractivity contribution in [1.29, 1.82) is 0 Å². The normalized spacial score (nSPS) is 15.3. The molecule has 1 aromatic heterocycles. The number of anilines is 1. The molecule has 0 saturated carbocycles. The van der Waals surface area contributed by atoms with Gasteiger partial charge in [-0.25, -0.2) is 9.97 Å². The standard InChI is InChI=1S/C15H25N3/c1-12(2)7-6-10-16-15-13-8-4-3-5-9-14(13)17-11-18-15/h11-12H,3-10H2,1-2H3,(H,16,17,18). The van der Waals surface area contributed by atoms with Crippen molar-refractivity contribution in [3.8, 4) is 0 Å². The summed E-state index contributed by atoms with van der Waals surface area (Å²) in [6, 6.07) is 0. The molecule has 100 valence electrons. The summed E-state index contributed by atoms with van der Waals surface area (Å²) < 4.78 is 0. The molecule has 3 nitrogen and oxygen atoms in total. The number of nitrogens with one attached hydrogen (secondary N) is 1. The Morgan fingerprint density at radius 3 is 2.83 bits per heavy atom. The monoisotopic (exact) mass is 247 g/mol. The molecule has 0 amide bonds. The average molecular weight is 247 g/mol. The maximum absolute atomic E-state index is 4.45. The summed E-state index contributed by atoms with van der Waals surface area (Å²) in [6.45, 7) is 5.58. The van der Waals surface area contributed by atoms with Crippen LogP contribution in [0.3, 0.4) is 0 Å². The molecule has 0 bridgehead atoms. The number of nitrogens with zero attached hydrogens (tertiary/aromatic N) is 2. The van der Waals surface area contributed by atoms with Crippen molar-refractivity contribution in [2.24, 2.45) is 5.92 Å². The van der Waals surface area contributed by atoms with Crippen molar-refractivity contribution < 1.29 is 0 Å². The lowest BCUT2D eigenvalue weighted by atomic mass is 10.1. The maximum Gasteiger partial charge on any atom is 0.132 e. The van der Waals surface area contributed by atoms with Crippen molar-refractivity contribution in [3.63, 3.8) is 0 Å². The number of hydrogen-bond acceptors (Lipinski definition) is 3. The summed E-state index contributed by atoms with van der Waals surface area (Å²) in [5.74, 6) is 1.87. The minimum absolute atomic E-state index is 0.786. The molecule has 1 heterocycles. The van der Waals surface area contributed by atoms with Gasteiger partial charge in [-0.1, -0.05) is 20.3 Å². The molecule has 0 spiro atoms. The van der Waals surface area contributed by atoms with Gasteiger partial charge in [0.05, 0.1) is 0 Å². The van der Waals surface area contributed by atoms with Gasteiger partial charge in [0.25, 0.3) is 0 Å². The molecule has 0 aromatic carbocycles. The minimum atomic E-state index is 0.786. The fourth-order valence-electron chi connectivity index (χ4n) is 2.57. The van der Waals surface area contributed by atoms with Gasteiger partial charge >= 0.3 is 0 Å². The number of aromatic nitrogens is 2. The minimum Gasteiger partial charge on any atom is -0.370 e. The van der Waals surface area contributed by atoms with E-state index >= 15 is 0 Å². The first-order valence-corrected chi connectivity index (χ1v) is 7.34. The summed E-state index contributed by atoms with van der Waals surface area (Å²) >= 11 is 0. The lowest BCUT2D eigenvalue weighted by molar-refractivity contribution is 0.566. The van der Waals surface area contributed by atoms with Crippen molar-refractivity contribution in [2.75, 3.05) is 11.9 Å². The zero-order valence-electron chi connectivity index (χ0n) is 11.7. The average Bonchev–Trinajstić information content (AvgIpc) is 2.60. The molecule has 0 unspecified atom stereocenters. The van der Waals surface area contributed by atoms with Crippen LogP contribution in [0, 0.1) is 5.92 Å². The van der Waals surface area contributed by atoms with E-state index in [0.717, 1.165) is 31.1 Å². The third-order valence-corrected chi connectivity index (χ3v) is 3.63. The Morgan fingerprint density at radius 2 is 2.00 bits per heavy atom. The van der Waals surface area contributed by atoms with Crippen LogP contribution in [0.5, 0.6) is 0 Å². The molecule has 1 aromatic rings. The molecule has 18 heavy (non-hydrogen) atoms. The van der Waals surface area contributed by atoms with Crippen LogP contribution in [0.15, 0.2) is 6.33 Å². The van der Waals surface area contributed by atoms with E-state index in [1.165, 1.54) is 43.4 Å². The smallest absolute Gasteiger partial charge is 0.132 e. The zero-order valence-corrected chi connectivity index (χ0v) is 11.7. The van der Waals surface area contributed by atoms with E-state index in [1.807, 2.05) is 0 Å². The summed E-state index contributed by atoms with van der Waals surface area (Å²) in [7, 11) is 0. The van der Waals surface area contributed by atoms with E-state index in [0.29, 0.717) is 0 Å². The SMILES string of the molecule is CC(C)CCCNc1ncnc2c1CCCCC2. The fraction of sp³-hybridized carbons (Fsp3) is 0.733. The second-order valence-electron chi connectivity index (χ2n) is 5.67. The highest BCUT2D eigenvalue weighted by atomic mass is 15.0. The number of rotatable bonds is 5. The molecule has 2 rings (SSSR count). The molecule has 0 saturated heterocycles. The van der Waals surface area contributed by atoms with Gasteiger partial charge in [-0.3, -0.25) is 0 Å². The fourth-order valence-corrected chi connectivity index (χ4v) is 2.57. The molecule has 0 fully saturated rings. The van der Waals surface area contributed by atoms with Crippen LogP contribution in [0.2, 0.25) is 0 Å². The van der Waals surface area contributed by atoms with Gasteiger partial charge in [-0.2, -0.15) is 0 Å². The van der Waals surface area contributed by atoms with Crippen LogP contribution >= 0.6 is 0 Å². The Hall–Kier alpha value is -1.12. The first kappa shape index (κ1) is 13.3. The van der Waals surface area contributed by atoms with Gasteiger partial charge in [-0.05, 0) is 44.4 Å². The topological polar surface area (TPSA) is 37.8 Å². The van der Waals surface area contributed by atoms with Crippen molar-refractivity contribution in [2.45, 2.75) is 58.8 Å². The Bertz CT molecular complexity index is 374. The maximum atomic E-state index is 4.45. The number of fused-ring (bicyclic) bond motifs is 1. The predicted molar refractivity (Wildman–Crippen MR) is 75.9 cm³/mol. The van der Waals surface area contributed by atoms with E-state index in [4.69, 9.17) is 0 Å². The Labute approximate surface area is 110 Å². The van der Waals surface area contributed by atoms with Gasteiger partial charge in [-0.15, -0.1) is 0 Å². The number of aryl methyl sites for hydroxylation is 1. The second kappa shape index (κ2) is 6.72. The zero-order chi connectivity index (χ0) is 12.8. The van der Waals surface area contributed by atoms with Gasteiger partial charge < -0.3 is 5.32 Å². The predicted octanol–water partition coefficient (Wildman–Crippen LogP) is 3.59. The highest BCUT2D eigenvalue weighted by Crippen LogP contribution is 2.23. The van der Waals surface area contributed by atoms with E-state index in [2.05, 4.69) is 29.1 Å². The summed E-state index contributed by atoms with van der Waals surface area (Å²) in [6.07, 6.45) is 10.4. The van der Waals surface area contributed by atoms with Gasteiger partial charge in [0.2, 0.25) is 0 Å². The molecule has 0 radical (unpaired) electrons. The largest absolute Gasteiger partial charge is 0.370 e. The Kier molecular flexibility index (Phi) is 4.97. The van der Waals surface area contributed by atoms with E-state index < -0.39 is 0 Å². The summed E-state index contributed by atoms with van der Waals surface area (Å²) in [5, 5.41) is 3.50. The van der Waals surface area contributed by atoms with Crippen LogP contribution in [-0.4, -0.2) is 16.5 Å². The summed E-state index contributed by atoms with van der Waals surface area (Å²) in [4.78, 5) is 8.87. The molecule has 1 aliphatic carbocycles.